The van der Waals surface area contributed by atoms with E-state index in [9.17, 15) is 37.9 Å². The molecule has 14 nitrogen and oxygen atoms in total. The summed E-state index contributed by atoms with van der Waals surface area (Å²) in [5.74, 6) is -0.0833. The Morgan fingerprint density at radius 1 is 0.958 bits per heavy atom. The molecule has 0 saturated carbocycles. The van der Waals surface area contributed by atoms with Crippen LogP contribution in [0.3, 0.4) is 0 Å². The van der Waals surface area contributed by atoms with Crippen molar-refractivity contribution >= 4 is 57.8 Å². The number of nitrogens with zero attached hydrogens (tertiary/aromatic N) is 5. The number of β-amino-alcohol motifs (C(OH)–C–C–N with tert-alkyl or cyclic N) is 1. The highest BCUT2D eigenvalue weighted by Crippen LogP contribution is 2.37. The molecule has 3 amide bonds. The van der Waals surface area contributed by atoms with E-state index in [1.807, 2.05) is 95.0 Å². The number of halogens is 3. The van der Waals surface area contributed by atoms with Gasteiger partial charge in [-0.05, 0) is 110 Å². The van der Waals surface area contributed by atoms with Crippen molar-refractivity contribution < 1.29 is 46.9 Å². The number of carbonyl (C=O) groups excluding carboxylic acids is 3. The van der Waals surface area contributed by atoms with Crippen molar-refractivity contribution in [2.45, 2.75) is 97.3 Å². The van der Waals surface area contributed by atoms with Crippen molar-refractivity contribution in [2.24, 2.45) is 5.41 Å². The number of hydrogen-bond donors (Lipinski definition) is 3. The molecule has 3 heterocycles. The number of ether oxygens (including phenoxy) is 3. The van der Waals surface area contributed by atoms with Gasteiger partial charge in [-0.3, -0.25) is 19.3 Å². The molecule has 2 fully saturated rings. The Morgan fingerprint density at radius 2 is 1.60 bits per heavy atom. The second-order valence-electron chi connectivity index (χ2n) is 19.5. The van der Waals surface area contributed by atoms with Gasteiger partial charge in [0, 0.05) is 37.3 Å². The maximum absolute atomic E-state index is 14.1. The summed E-state index contributed by atoms with van der Waals surface area (Å²) < 4.78 is 59.3. The number of anilines is 2. The standard InChI is InChI=1S/C53H58F3N7O7S2/c1-33-46(72-31-59-33)36-11-7-35(8-12-36)28-58-48(66)44-26-40(64)29-61(44)49(67)47(51(2,3)4)60-45(65)22-24-70-41-17-9-34(10-18-41)21-23-69-42-19-15-38(16-20-42)63-50(71)62(32-68-30-52(63,5)6)39-14-13-37(27-57)43(25-39)53(54,55)56/h7-20,25,31,40,44,47,64H,21-24,26,28-30,32H2,1-6H3,(H,58,66)(H,60,65)/t40-,44+,47-/m1/s1. The van der Waals surface area contributed by atoms with Gasteiger partial charge in [0.25, 0.3) is 0 Å². The zero-order valence-corrected chi connectivity index (χ0v) is 42.5. The van der Waals surface area contributed by atoms with Crippen LogP contribution < -0.4 is 29.9 Å². The molecule has 2 saturated heterocycles. The second kappa shape index (κ2) is 22.4. The van der Waals surface area contributed by atoms with E-state index in [0.717, 1.165) is 39.4 Å². The number of hydrogen-bond acceptors (Lipinski definition) is 11. The fourth-order valence-electron chi connectivity index (χ4n) is 8.57. The Labute approximate surface area is 426 Å². The molecule has 2 aliphatic heterocycles. The molecular weight excluding hydrogens is 968 g/mol. The summed E-state index contributed by atoms with van der Waals surface area (Å²) in [6.07, 6.45) is -5.00. The van der Waals surface area contributed by atoms with Gasteiger partial charge in [0.05, 0.1) is 71.2 Å². The van der Waals surface area contributed by atoms with Gasteiger partial charge < -0.3 is 39.8 Å². The molecule has 4 aromatic carbocycles. The molecule has 1 aromatic heterocycles. The minimum absolute atomic E-state index is 0.0311. The highest BCUT2D eigenvalue weighted by atomic mass is 32.1. The summed E-state index contributed by atoms with van der Waals surface area (Å²) >= 11 is 7.44. The number of thiocarbonyl (C=S) groups is 1. The number of aryl methyl sites for hydroxylation is 1. The number of benzene rings is 4. The average Bonchev–Trinajstić information content (AvgIpc) is 3.93. The molecule has 3 atom stereocenters. The minimum atomic E-state index is -4.73. The monoisotopic (exact) mass is 1030 g/mol. The summed E-state index contributed by atoms with van der Waals surface area (Å²) in [4.78, 5) is 50.9. The number of aliphatic hydroxyl groups excluding tert-OH is 1. The number of likely N-dealkylation sites (tertiary alicyclic amines) is 1. The normalized spacial score (nSPS) is 17.5. The predicted molar refractivity (Wildman–Crippen MR) is 272 cm³/mol. The number of aliphatic hydroxyl groups is 1. The van der Waals surface area contributed by atoms with Crippen LogP contribution in [0.5, 0.6) is 11.5 Å². The number of thiazole rings is 1. The molecule has 19 heteroatoms. The highest BCUT2D eigenvalue weighted by Gasteiger charge is 2.45. The van der Waals surface area contributed by atoms with Crippen LogP contribution in [0.2, 0.25) is 0 Å². The molecule has 0 spiro atoms. The molecule has 380 valence electrons. The van der Waals surface area contributed by atoms with Crippen LogP contribution in [0.1, 0.15) is 75.4 Å². The van der Waals surface area contributed by atoms with E-state index in [0.29, 0.717) is 30.2 Å². The Balaban J connectivity index is 0.868. The SMILES string of the molecule is Cc1ncsc1-c1ccc(CNC(=O)[C@@H]2C[C@@H](O)CN2C(=O)[C@@H](NC(=O)CCOc2ccc(CCOc3ccc(N4C(=S)N(c5ccc(C#N)c(C(F)(F)F)c5)COCC4(C)C)cc3)cc2)C(C)(C)C)cc1. The Kier molecular flexibility index (Phi) is 16.6. The maximum Gasteiger partial charge on any atom is 0.417 e. The zero-order chi connectivity index (χ0) is 52.0. The fraction of sp³-hybridized carbons (Fsp3) is 0.396. The topological polar surface area (TPSA) is 170 Å². The number of amides is 3. The van der Waals surface area contributed by atoms with Crippen LogP contribution in [0.4, 0.5) is 24.5 Å². The van der Waals surface area contributed by atoms with E-state index in [1.165, 1.54) is 15.9 Å². The van der Waals surface area contributed by atoms with Crippen LogP contribution in [-0.2, 0) is 38.3 Å². The van der Waals surface area contributed by atoms with E-state index >= 15 is 0 Å². The lowest BCUT2D eigenvalue weighted by molar-refractivity contribution is -0.144. The van der Waals surface area contributed by atoms with Crippen molar-refractivity contribution in [2.75, 3.05) is 42.9 Å². The van der Waals surface area contributed by atoms with Gasteiger partial charge in [-0.1, -0.05) is 57.2 Å². The highest BCUT2D eigenvalue weighted by molar-refractivity contribution is 7.80. The lowest BCUT2D eigenvalue weighted by Crippen LogP contribution is -2.57. The van der Waals surface area contributed by atoms with E-state index in [-0.39, 0.29) is 62.6 Å². The van der Waals surface area contributed by atoms with Crippen LogP contribution in [0.25, 0.3) is 10.4 Å². The van der Waals surface area contributed by atoms with Crippen LogP contribution in [-0.4, -0.2) is 94.6 Å². The summed E-state index contributed by atoms with van der Waals surface area (Å²) in [6, 6.07) is 25.7. The van der Waals surface area contributed by atoms with Gasteiger partial charge in [-0.15, -0.1) is 11.3 Å². The lowest BCUT2D eigenvalue weighted by atomic mass is 9.85. The predicted octanol–water partition coefficient (Wildman–Crippen LogP) is 8.57. The largest absolute Gasteiger partial charge is 0.493 e. The number of nitrogens with one attached hydrogen (secondary N) is 2. The molecule has 5 aromatic rings. The number of carbonyl (C=O) groups is 3. The number of aromatic nitrogens is 1. The van der Waals surface area contributed by atoms with E-state index < -0.39 is 58.3 Å². The van der Waals surface area contributed by atoms with Gasteiger partial charge in [-0.25, -0.2) is 4.98 Å². The van der Waals surface area contributed by atoms with Gasteiger partial charge in [0.1, 0.15) is 30.3 Å². The van der Waals surface area contributed by atoms with Crippen LogP contribution >= 0.6 is 23.6 Å². The zero-order valence-electron chi connectivity index (χ0n) is 40.9. The fourth-order valence-corrected chi connectivity index (χ4v) is 9.89. The first-order valence-electron chi connectivity index (χ1n) is 23.4. The Morgan fingerprint density at radius 3 is 2.22 bits per heavy atom. The van der Waals surface area contributed by atoms with Crippen molar-refractivity contribution in [1.82, 2.24) is 20.5 Å². The summed E-state index contributed by atoms with van der Waals surface area (Å²) in [7, 11) is 0. The molecule has 0 radical (unpaired) electrons. The van der Waals surface area contributed by atoms with Crippen molar-refractivity contribution in [3.05, 3.63) is 124 Å². The Hall–Kier alpha value is -6.59. The maximum atomic E-state index is 14.1. The quantitative estimate of drug-likeness (QED) is 0.0807. The smallest absolute Gasteiger partial charge is 0.417 e. The molecule has 0 unspecified atom stereocenters. The summed E-state index contributed by atoms with van der Waals surface area (Å²) in [5.41, 5.74) is 3.56. The van der Waals surface area contributed by atoms with E-state index in [4.69, 9.17) is 26.4 Å². The van der Waals surface area contributed by atoms with Crippen molar-refractivity contribution in [3.63, 3.8) is 0 Å². The van der Waals surface area contributed by atoms with Gasteiger partial charge in [0.2, 0.25) is 17.7 Å². The molecule has 7 rings (SSSR count). The van der Waals surface area contributed by atoms with Gasteiger partial charge >= 0.3 is 6.18 Å². The second-order valence-corrected chi connectivity index (χ2v) is 20.7. The number of rotatable bonds is 16. The molecule has 3 N–H and O–H groups in total. The third-order valence-electron chi connectivity index (χ3n) is 12.4. The first-order chi connectivity index (χ1) is 34.1. The number of nitriles is 1. The Bertz CT molecular complexity index is 2770. The first kappa shape index (κ1) is 53.2. The van der Waals surface area contributed by atoms with Crippen LogP contribution in [0.15, 0.2) is 96.5 Å². The summed E-state index contributed by atoms with van der Waals surface area (Å²) in [5, 5.41) is 25.9. The average molecular weight is 1030 g/mol. The van der Waals surface area contributed by atoms with Crippen LogP contribution in [0, 0.1) is 23.7 Å². The van der Waals surface area contributed by atoms with Crippen molar-refractivity contribution in [1.29, 1.82) is 5.26 Å². The molecular formula is C53H58F3N7O7S2. The minimum Gasteiger partial charge on any atom is -0.493 e. The lowest BCUT2D eigenvalue weighted by Gasteiger charge is -2.39. The van der Waals surface area contributed by atoms with E-state index in [1.54, 1.807) is 47.2 Å². The van der Waals surface area contributed by atoms with E-state index in [2.05, 4.69) is 15.6 Å². The third-order valence-corrected chi connectivity index (χ3v) is 13.8. The van der Waals surface area contributed by atoms with Crippen molar-refractivity contribution in [3.8, 4) is 28.0 Å². The van der Waals surface area contributed by atoms with Gasteiger partial charge in [-0.2, -0.15) is 18.4 Å². The van der Waals surface area contributed by atoms with Gasteiger partial charge in [0.15, 0.2) is 5.11 Å². The molecule has 72 heavy (non-hydrogen) atoms. The third kappa shape index (κ3) is 12.9. The number of alkyl halides is 3. The molecule has 2 aliphatic rings. The molecule has 0 aliphatic carbocycles. The first-order valence-corrected chi connectivity index (χ1v) is 24.7. The summed E-state index contributed by atoms with van der Waals surface area (Å²) in [6.45, 7) is 12.0. The molecule has 0 bridgehead atoms.